The molecule has 1 aromatic carbocycles. The zero-order valence-electron chi connectivity index (χ0n) is 6.83. The molecule has 0 saturated heterocycles. The third-order valence-electron chi connectivity index (χ3n) is 1.40. The number of hydrogen-bond donors (Lipinski definition) is 1. The predicted octanol–water partition coefficient (Wildman–Crippen LogP) is 3.13. The molecule has 0 aliphatic rings. The van der Waals surface area contributed by atoms with E-state index in [9.17, 15) is 0 Å². The molecule has 1 aromatic rings. The van der Waals surface area contributed by atoms with Gasteiger partial charge < -0.3 is 4.74 Å². The lowest BCUT2D eigenvalue weighted by atomic mass is 10.2. The Morgan fingerprint density at radius 3 is 2.50 bits per heavy atom. The van der Waals surface area contributed by atoms with Gasteiger partial charge in [-0.05, 0) is 24.6 Å². The van der Waals surface area contributed by atoms with Gasteiger partial charge in [-0.15, -0.1) is 12.6 Å². The fourth-order valence-corrected chi connectivity index (χ4v) is 0.998. The van der Waals surface area contributed by atoms with Gasteiger partial charge in [0.1, 0.15) is 0 Å². The molecule has 0 fully saturated rings. The van der Waals surface area contributed by atoms with Crippen LogP contribution in [0.5, 0.6) is 0 Å². The molecule has 0 aromatic heterocycles. The van der Waals surface area contributed by atoms with Crippen LogP contribution in [0.15, 0.2) is 24.3 Å². The van der Waals surface area contributed by atoms with Crippen molar-refractivity contribution in [3.63, 3.8) is 0 Å². The average molecular weight is 203 g/mol. The van der Waals surface area contributed by atoms with Crippen molar-refractivity contribution >= 4 is 24.2 Å². The quantitative estimate of drug-likeness (QED) is 0.586. The number of rotatable bonds is 3. The molecule has 12 heavy (non-hydrogen) atoms. The second kappa shape index (κ2) is 4.75. The summed E-state index contributed by atoms with van der Waals surface area (Å²) < 4.78 is 5.29. The topological polar surface area (TPSA) is 9.23 Å². The molecule has 3 heteroatoms. The average Bonchev–Trinajstić information content (AvgIpc) is 2.03. The fraction of sp³-hybridized carbons (Fsp3) is 0.333. The first-order valence-electron chi connectivity index (χ1n) is 3.72. The van der Waals surface area contributed by atoms with Crippen LogP contribution in [-0.4, -0.2) is 5.44 Å². The van der Waals surface area contributed by atoms with Crippen LogP contribution in [0.4, 0.5) is 0 Å². The van der Waals surface area contributed by atoms with Crippen molar-refractivity contribution < 1.29 is 4.74 Å². The molecule has 1 nitrogen and oxygen atoms in total. The summed E-state index contributed by atoms with van der Waals surface area (Å²) in [6, 6.07) is 7.59. The Balaban J connectivity index is 2.48. The van der Waals surface area contributed by atoms with E-state index in [1.54, 1.807) is 0 Å². The Morgan fingerprint density at radius 1 is 1.42 bits per heavy atom. The van der Waals surface area contributed by atoms with Crippen LogP contribution in [0.2, 0.25) is 5.02 Å². The molecule has 0 aliphatic heterocycles. The summed E-state index contributed by atoms with van der Waals surface area (Å²) in [6.07, 6.45) is 0. The van der Waals surface area contributed by atoms with E-state index < -0.39 is 0 Å². The molecule has 0 heterocycles. The first-order valence-corrected chi connectivity index (χ1v) is 4.62. The third kappa shape index (κ3) is 3.48. The molecule has 0 N–H and O–H groups in total. The van der Waals surface area contributed by atoms with Gasteiger partial charge in [0.25, 0.3) is 0 Å². The van der Waals surface area contributed by atoms with Crippen LogP contribution in [0.25, 0.3) is 0 Å². The first-order chi connectivity index (χ1) is 5.68. The van der Waals surface area contributed by atoms with Gasteiger partial charge in [-0.3, -0.25) is 0 Å². The van der Waals surface area contributed by atoms with Crippen LogP contribution in [0.3, 0.4) is 0 Å². The summed E-state index contributed by atoms with van der Waals surface area (Å²) in [5, 5.41) is 0.748. The summed E-state index contributed by atoms with van der Waals surface area (Å²) in [5.41, 5.74) is 1.08. The molecule has 0 amide bonds. The zero-order valence-corrected chi connectivity index (χ0v) is 8.48. The highest BCUT2D eigenvalue weighted by molar-refractivity contribution is 7.80. The van der Waals surface area contributed by atoms with E-state index in [0.717, 1.165) is 10.6 Å². The van der Waals surface area contributed by atoms with Crippen molar-refractivity contribution in [2.75, 3.05) is 0 Å². The van der Waals surface area contributed by atoms with Crippen LogP contribution < -0.4 is 0 Å². The highest BCUT2D eigenvalue weighted by atomic mass is 35.5. The van der Waals surface area contributed by atoms with E-state index in [2.05, 4.69) is 12.6 Å². The SMILES string of the molecule is CC(S)OCc1ccc(Cl)cc1. The number of benzene rings is 1. The van der Waals surface area contributed by atoms with Gasteiger partial charge in [0.05, 0.1) is 12.0 Å². The molecule has 0 saturated carbocycles. The van der Waals surface area contributed by atoms with Crippen molar-refractivity contribution in [1.29, 1.82) is 0 Å². The Labute approximate surface area is 83.1 Å². The molecule has 1 unspecified atom stereocenters. The lowest BCUT2D eigenvalue weighted by Crippen LogP contribution is -1.99. The van der Waals surface area contributed by atoms with Gasteiger partial charge in [-0.25, -0.2) is 0 Å². The standard InChI is InChI=1S/C9H11ClOS/c1-7(12)11-6-8-2-4-9(10)5-3-8/h2-5,7,12H,6H2,1H3. The minimum absolute atomic E-state index is 0.0271. The predicted molar refractivity (Wildman–Crippen MR) is 54.7 cm³/mol. The molecule has 0 spiro atoms. The summed E-state index contributed by atoms with van der Waals surface area (Å²) in [5.74, 6) is 0. The molecule has 0 aliphatic carbocycles. The molecule has 0 radical (unpaired) electrons. The van der Waals surface area contributed by atoms with E-state index >= 15 is 0 Å². The van der Waals surface area contributed by atoms with Crippen molar-refractivity contribution in [2.24, 2.45) is 0 Å². The Bertz CT molecular complexity index is 233. The number of hydrogen-bond acceptors (Lipinski definition) is 2. The number of thiol groups is 1. The van der Waals surface area contributed by atoms with E-state index in [1.165, 1.54) is 0 Å². The lowest BCUT2D eigenvalue weighted by molar-refractivity contribution is 0.112. The van der Waals surface area contributed by atoms with Crippen molar-refractivity contribution in [1.82, 2.24) is 0 Å². The summed E-state index contributed by atoms with van der Waals surface area (Å²) >= 11 is 9.82. The zero-order chi connectivity index (χ0) is 8.97. The largest absolute Gasteiger partial charge is 0.363 e. The Kier molecular flexibility index (Phi) is 3.92. The van der Waals surface area contributed by atoms with E-state index in [1.807, 2.05) is 31.2 Å². The normalized spacial score (nSPS) is 12.9. The van der Waals surface area contributed by atoms with Gasteiger partial charge in [0.2, 0.25) is 0 Å². The van der Waals surface area contributed by atoms with Gasteiger partial charge in [-0.2, -0.15) is 0 Å². The van der Waals surface area contributed by atoms with Crippen molar-refractivity contribution in [3.8, 4) is 0 Å². The molecule has 66 valence electrons. The second-order valence-electron chi connectivity index (χ2n) is 2.54. The van der Waals surface area contributed by atoms with Gasteiger partial charge in [-0.1, -0.05) is 23.7 Å². The fourth-order valence-electron chi connectivity index (χ4n) is 0.797. The minimum Gasteiger partial charge on any atom is -0.363 e. The first kappa shape index (κ1) is 9.90. The highest BCUT2D eigenvalue weighted by Crippen LogP contribution is 2.11. The minimum atomic E-state index is -0.0271. The van der Waals surface area contributed by atoms with Crippen LogP contribution in [0, 0.1) is 0 Å². The highest BCUT2D eigenvalue weighted by Gasteiger charge is 1.95. The summed E-state index contributed by atoms with van der Waals surface area (Å²) in [6.45, 7) is 2.47. The molecule has 1 atom stereocenters. The molecule has 1 rings (SSSR count). The van der Waals surface area contributed by atoms with E-state index in [-0.39, 0.29) is 5.44 Å². The number of halogens is 1. The maximum Gasteiger partial charge on any atom is 0.0975 e. The van der Waals surface area contributed by atoms with Gasteiger partial charge >= 0.3 is 0 Å². The van der Waals surface area contributed by atoms with Crippen molar-refractivity contribution in [2.45, 2.75) is 19.0 Å². The smallest absolute Gasteiger partial charge is 0.0975 e. The van der Waals surface area contributed by atoms with Crippen LogP contribution in [-0.2, 0) is 11.3 Å². The van der Waals surface area contributed by atoms with Gasteiger partial charge in [0.15, 0.2) is 0 Å². The number of ether oxygens (including phenoxy) is 1. The van der Waals surface area contributed by atoms with E-state index in [0.29, 0.717) is 6.61 Å². The van der Waals surface area contributed by atoms with E-state index in [4.69, 9.17) is 16.3 Å². The second-order valence-corrected chi connectivity index (χ2v) is 3.70. The molecular weight excluding hydrogens is 192 g/mol. The van der Waals surface area contributed by atoms with Crippen LogP contribution >= 0.6 is 24.2 Å². The Hall–Kier alpha value is -0.180. The monoisotopic (exact) mass is 202 g/mol. The Morgan fingerprint density at radius 2 is 2.00 bits per heavy atom. The van der Waals surface area contributed by atoms with Gasteiger partial charge in [0, 0.05) is 5.02 Å². The summed E-state index contributed by atoms with van der Waals surface area (Å²) in [4.78, 5) is 0. The molecule has 0 bridgehead atoms. The van der Waals surface area contributed by atoms with Crippen molar-refractivity contribution in [3.05, 3.63) is 34.9 Å². The maximum atomic E-state index is 5.72. The summed E-state index contributed by atoms with van der Waals surface area (Å²) in [7, 11) is 0. The maximum absolute atomic E-state index is 5.72. The third-order valence-corrected chi connectivity index (χ3v) is 1.81. The molecular formula is C9H11ClOS. The van der Waals surface area contributed by atoms with Crippen LogP contribution in [0.1, 0.15) is 12.5 Å². The lowest BCUT2D eigenvalue weighted by Gasteiger charge is -2.06.